The van der Waals surface area contributed by atoms with E-state index in [1.54, 1.807) is 24.5 Å². The lowest BCUT2D eigenvalue weighted by molar-refractivity contribution is 0.0933. The van der Waals surface area contributed by atoms with Crippen LogP contribution in [0.15, 0.2) is 54.9 Å². The van der Waals surface area contributed by atoms with Gasteiger partial charge in [-0.25, -0.2) is 4.98 Å². The Balaban J connectivity index is 1.51. The summed E-state index contributed by atoms with van der Waals surface area (Å²) >= 11 is 0. The van der Waals surface area contributed by atoms with Crippen LogP contribution in [0.2, 0.25) is 0 Å². The van der Waals surface area contributed by atoms with Crippen molar-refractivity contribution in [3.8, 4) is 0 Å². The molecule has 0 bridgehead atoms. The van der Waals surface area contributed by atoms with Gasteiger partial charge < -0.3 is 10.6 Å². The molecule has 4 rings (SSSR count). The highest BCUT2D eigenvalue weighted by molar-refractivity contribution is 5.96. The largest absolute Gasteiger partial charge is 0.349 e. The van der Waals surface area contributed by atoms with Gasteiger partial charge in [0.05, 0.1) is 11.2 Å². The summed E-state index contributed by atoms with van der Waals surface area (Å²) < 4.78 is 0. The van der Waals surface area contributed by atoms with Gasteiger partial charge in [-0.1, -0.05) is 43.9 Å². The van der Waals surface area contributed by atoms with E-state index >= 15 is 0 Å². The molecule has 1 amide bonds. The van der Waals surface area contributed by atoms with E-state index in [1.807, 2.05) is 30.3 Å². The quantitative estimate of drug-likeness (QED) is 0.654. The van der Waals surface area contributed by atoms with Gasteiger partial charge in [-0.3, -0.25) is 9.78 Å². The molecule has 1 aromatic carbocycles. The van der Waals surface area contributed by atoms with Gasteiger partial charge >= 0.3 is 0 Å². The first-order valence-corrected chi connectivity index (χ1v) is 9.67. The zero-order valence-electron chi connectivity index (χ0n) is 15.3. The number of carbonyl (C=O) groups excluding carboxylic acids is 1. The van der Waals surface area contributed by atoms with E-state index in [1.165, 1.54) is 25.7 Å². The number of carbonyl (C=O) groups is 1. The minimum absolute atomic E-state index is 0.0246. The second-order valence-corrected chi connectivity index (χ2v) is 7.10. The van der Waals surface area contributed by atoms with Crippen LogP contribution in [-0.4, -0.2) is 21.9 Å². The molecule has 27 heavy (non-hydrogen) atoms. The van der Waals surface area contributed by atoms with Crippen LogP contribution in [0.1, 0.15) is 48.9 Å². The van der Waals surface area contributed by atoms with E-state index in [0.29, 0.717) is 11.4 Å². The monoisotopic (exact) mass is 360 g/mol. The lowest BCUT2D eigenvalue weighted by Gasteiger charge is -2.16. The zero-order chi connectivity index (χ0) is 18.5. The molecule has 0 radical (unpaired) electrons. The lowest BCUT2D eigenvalue weighted by Crippen LogP contribution is -2.34. The number of benzene rings is 1. The average Bonchev–Trinajstić information content (AvgIpc) is 2.97. The first kappa shape index (κ1) is 17.5. The van der Waals surface area contributed by atoms with Crippen molar-refractivity contribution < 1.29 is 4.79 Å². The molecule has 0 saturated heterocycles. The van der Waals surface area contributed by atoms with Gasteiger partial charge in [0.15, 0.2) is 0 Å². The maximum Gasteiger partial charge on any atom is 0.251 e. The number of anilines is 2. The van der Waals surface area contributed by atoms with Crippen molar-refractivity contribution in [2.45, 2.75) is 44.6 Å². The lowest BCUT2D eigenvalue weighted by atomic mass is 10.1. The summed E-state index contributed by atoms with van der Waals surface area (Å²) in [6.07, 6.45) is 10.5. The molecule has 2 N–H and O–H groups in total. The topological polar surface area (TPSA) is 66.9 Å². The molecule has 2 aromatic heterocycles. The molecule has 1 saturated carbocycles. The standard InChI is InChI=1S/C22H24N4O/c27-22(25-18-9-3-1-2-4-10-18)17-12-14-23-20(15-17)26-19-11-5-7-16-8-6-13-24-21(16)19/h5-8,11-15,18H,1-4,9-10H2,(H,23,26)(H,25,27). The van der Waals surface area contributed by atoms with Crippen LogP contribution in [0, 0.1) is 0 Å². The van der Waals surface area contributed by atoms with Crippen LogP contribution >= 0.6 is 0 Å². The molecule has 5 heteroatoms. The highest BCUT2D eigenvalue weighted by atomic mass is 16.1. The number of amides is 1. The number of rotatable bonds is 4. The number of hydrogen-bond acceptors (Lipinski definition) is 4. The highest BCUT2D eigenvalue weighted by Crippen LogP contribution is 2.24. The van der Waals surface area contributed by atoms with Crippen molar-refractivity contribution in [2.24, 2.45) is 0 Å². The summed E-state index contributed by atoms with van der Waals surface area (Å²) in [5.74, 6) is 0.616. The van der Waals surface area contributed by atoms with Crippen molar-refractivity contribution in [3.05, 3.63) is 60.4 Å². The number of pyridine rings is 2. The summed E-state index contributed by atoms with van der Waals surface area (Å²) in [7, 11) is 0. The third kappa shape index (κ3) is 4.25. The van der Waals surface area contributed by atoms with Crippen molar-refractivity contribution in [1.82, 2.24) is 15.3 Å². The summed E-state index contributed by atoms with van der Waals surface area (Å²) in [5.41, 5.74) is 2.39. The van der Waals surface area contributed by atoms with Gasteiger partial charge in [-0.15, -0.1) is 0 Å². The maximum absolute atomic E-state index is 12.7. The van der Waals surface area contributed by atoms with Gasteiger partial charge in [0, 0.05) is 29.4 Å². The number of fused-ring (bicyclic) bond motifs is 1. The van der Waals surface area contributed by atoms with E-state index in [9.17, 15) is 4.79 Å². The Hall–Kier alpha value is -2.95. The van der Waals surface area contributed by atoms with Gasteiger partial charge in [0.25, 0.3) is 5.91 Å². The van der Waals surface area contributed by atoms with Crippen molar-refractivity contribution >= 4 is 28.3 Å². The van der Waals surface area contributed by atoms with E-state index in [2.05, 4.69) is 20.6 Å². The van der Waals surface area contributed by atoms with Crippen molar-refractivity contribution in [2.75, 3.05) is 5.32 Å². The van der Waals surface area contributed by atoms with E-state index in [-0.39, 0.29) is 11.9 Å². The summed E-state index contributed by atoms with van der Waals surface area (Å²) in [5, 5.41) is 7.55. The molecule has 1 aliphatic carbocycles. The van der Waals surface area contributed by atoms with Crippen LogP contribution in [0.5, 0.6) is 0 Å². The fourth-order valence-electron chi connectivity index (χ4n) is 3.68. The third-order valence-corrected chi connectivity index (χ3v) is 5.11. The molecule has 1 aliphatic rings. The molecule has 0 atom stereocenters. The molecule has 1 fully saturated rings. The summed E-state index contributed by atoms with van der Waals surface area (Å²) in [6, 6.07) is 13.8. The second-order valence-electron chi connectivity index (χ2n) is 7.10. The molecule has 0 spiro atoms. The third-order valence-electron chi connectivity index (χ3n) is 5.11. The fourth-order valence-corrected chi connectivity index (χ4v) is 3.68. The van der Waals surface area contributed by atoms with Crippen LogP contribution in [-0.2, 0) is 0 Å². The molecule has 3 aromatic rings. The first-order valence-electron chi connectivity index (χ1n) is 9.67. The molecule has 138 valence electrons. The minimum atomic E-state index is -0.0246. The molecular formula is C22H24N4O. The van der Waals surface area contributed by atoms with Gasteiger partial charge in [-0.05, 0) is 37.1 Å². The van der Waals surface area contributed by atoms with Crippen molar-refractivity contribution in [3.63, 3.8) is 0 Å². The van der Waals surface area contributed by atoms with Crippen molar-refractivity contribution in [1.29, 1.82) is 0 Å². The summed E-state index contributed by atoms with van der Waals surface area (Å²) in [6.45, 7) is 0. The Bertz CT molecular complexity index is 927. The average molecular weight is 360 g/mol. The van der Waals surface area contributed by atoms with Crippen LogP contribution in [0.3, 0.4) is 0 Å². The number of nitrogens with one attached hydrogen (secondary N) is 2. The Labute approximate surface area is 159 Å². The predicted molar refractivity (Wildman–Crippen MR) is 108 cm³/mol. The maximum atomic E-state index is 12.7. The Morgan fingerprint density at radius 3 is 2.59 bits per heavy atom. The Kier molecular flexibility index (Phi) is 5.28. The minimum Gasteiger partial charge on any atom is -0.349 e. The SMILES string of the molecule is O=C(NC1CCCCCC1)c1ccnc(Nc2cccc3cccnc23)c1. The predicted octanol–water partition coefficient (Wildman–Crippen LogP) is 4.83. The Morgan fingerprint density at radius 1 is 0.926 bits per heavy atom. The first-order chi connectivity index (χ1) is 13.3. The van der Waals surface area contributed by atoms with E-state index < -0.39 is 0 Å². The van der Waals surface area contributed by atoms with Crippen LogP contribution in [0.4, 0.5) is 11.5 Å². The molecule has 0 aliphatic heterocycles. The normalized spacial score (nSPS) is 15.3. The smallest absolute Gasteiger partial charge is 0.251 e. The molecular weight excluding hydrogens is 336 g/mol. The molecule has 5 nitrogen and oxygen atoms in total. The zero-order valence-corrected chi connectivity index (χ0v) is 15.3. The van der Waals surface area contributed by atoms with E-state index in [4.69, 9.17) is 0 Å². The fraction of sp³-hybridized carbons (Fsp3) is 0.318. The summed E-state index contributed by atoms with van der Waals surface area (Å²) in [4.78, 5) is 21.5. The number of para-hydroxylation sites is 1. The van der Waals surface area contributed by atoms with Gasteiger partial charge in [0.1, 0.15) is 5.82 Å². The molecule has 2 heterocycles. The van der Waals surface area contributed by atoms with Crippen LogP contribution in [0.25, 0.3) is 10.9 Å². The number of hydrogen-bond donors (Lipinski definition) is 2. The van der Waals surface area contributed by atoms with Gasteiger partial charge in [0.2, 0.25) is 0 Å². The van der Waals surface area contributed by atoms with Gasteiger partial charge in [-0.2, -0.15) is 0 Å². The molecule has 0 unspecified atom stereocenters. The van der Waals surface area contributed by atoms with Crippen LogP contribution < -0.4 is 10.6 Å². The Morgan fingerprint density at radius 2 is 1.74 bits per heavy atom. The second kappa shape index (κ2) is 8.16. The number of nitrogens with zero attached hydrogens (tertiary/aromatic N) is 2. The highest BCUT2D eigenvalue weighted by Gasteiger charge is 2.16. The van der Waals surface area contributed by atoms with E-state index in [0.717, 1.165) is 29.4 Å². The number of aromatic nitrogens is 2.